The molecule has 2 rings (SSSR count). The number of rotatable bonds is 3. The van der Waals surface area contributed by atoms with Gasteiger partial charge in [-0.15, -0.1) is 0 Å². The lowest BCUT2D eigenvalue weighted by Crippen LogP contribution is -2.62. The van der Waals surface area contributed by atoms with Crippen molar-refractivity contribution in [3.05, 3.63) is 0 Å². The molecule has 5 atom stereocenters. The fourth-order valence-corrected chi connectivity index (χ4v) is 3.12. The zero-order valence-electron chi connectivity index (χ0n) is 10.5. The van der Waals surface area contributed by atoms with Crippen LogP contribution >= 0.6 is 0 Å². The Morgan fingerprint density at radius 3 is 2.38 bits per heavy atom. The molecular weight excluding hydrogens is 207 g/mol. The van der Waals surface area contributed by atoms with Crippen LogP contribution in [0.15, 0.2) is 0 Å². The molecule has 2 heterocycles. The van der Waals surface area contributed by atoms with Gasteiger partial charge in [-0.05, 0) is 20.8 Å². The minimum atomic E-state index is -0.638. The maximum atomic E-state index is 5.93. The van der Waals surface area contributed by atoms with Crippen LogP contribution in [0.2, 0.25) is 0 Å². The van der Waals surface area contributed by atoms with E-state index in [1.165, 1.54) is 0 Å². The Morgan fingerprint density at radius 2 is 1.88 bits per heavy atom. The second-order valence-corrected chi connectivity index (χ2v) is 5.00. The third-order valence-electron chi connectivity index (χ3n) is 3.96. The highest BCUT2D eigenvalue weighted by atomic mass is 16.7. The third kappa shape index (κ3) is 1.26. The van der Waals surface area contributed by atoms with Gasteiger partial charge in [0.2, 0.25) is 0 Å². The van der Waals surface area contributed by atoms with Gasteiger partial charge in [0.15, 0.2) is 5.60 Å². The maximum absolute atomic E-state index is 5.93. The van der Waals surface area contributed by atoms with Crippen molar-refractivity contribution < 1.29 is 18.9 Å². The van der Waals surface area contributed by atoms with Crippen LogP contribution in [0.1, 0.15) is 20.8 Å². The first kappa shape index (κ1) is 12.4. The summed E-state index contributed by atoms with van der Waals surface area (Å²) in [6.07, 6.45) is -0.559. The topological polar surface area (TPSA) is 36.9 Å². The van der Waals surface area contributed by atoms with Gasteiger partial charge in [-0.2, -0.15) is 0 Å². The molecule has 0 saturated carbocycles. The summed E-state index contributed by atoms with van der Waals surface area (Å²) in [6.45, 7) is 5.93. The first-order chi connectivity index (χ1) is 7.40. The second-order valence-electron chi connectivity index (χ2n) is 5.00. The average molecular weight is 226 g/mol. The van der Waals surface area contributed by atoms with Crippen molar-refractivity contribution in [2.45, 2.75) is 56.3 Å². The highest BCUT2D eigenvalue weighted by Crippen LogP contribution is 2.53. The van der Waals surface area contributed by atoms with E-state index in [1.54, 1.807) is 14.2 Å². The summed E-state index contributed by atoms with van der Waals surface area (Å²) in [4.78, 5) is 0. The molecule has 16 heavy (non-hydrogen) atoms. The van der Waals surface area contributed by atoms with Gasteiger partial charge in [0.1, 0.15) is 20.1 Å². The largest absolute Gasteiger partial charge is 0.379 e. The predicted molar refractivity (Wildman–Crippen MR) is 59.6 cm³/mol. The summed E-state index contributed by atoms with van der Waals surface area (Å²) in [7, 11) is 9.21. The van der Waals surface area contributed by atoms with Crippen LogP contribution in [0.4, 0.5) is 0 Å². The quantitative estimate of drug-likeness (QED) is 0.656. The molecule has 2 aliphatic heterocycles. The molecule has 2 saturated heterocycles. The fraction of sp³-hybridized carbons (Fsp3) is 1.00. The van der Waals surface area contributed by atoms with E-state index in [1.807, 2.05) is 20.8 Å². The maximum Gasteiger partial charge on any atom is 0.150 e. The average Bonchev–Trinajstić information content (AvgIpc) is 2.62. The lowest BCUT2D eigenvalue weighted by atomic mass is 9.79. The van der Waals surface area contributed by atoms with Gasteiger partial charge in [0, 0.05) is 20.2 Å². The SMILES string of the molecule is [B][C@@H]1O[C@]2([C@H](C)OC)C(OC)[C@@H]1OC2(C)C. The third-order valence-corrected chi connectivity index (χ3v) is 3.96. The Bertz CT molecular complexity index is 283. The van der Waals surface area contributed by atoms with E-state index >= 15 is 0 Å². The summed E-state index contributed by atoms with van der Waals surface area (Å²) in [5.41, 5.74) is -1.11. The van der Waals surface area contributed by atoms with E-state index in [9.17, 15) is 0 Å². The van der Waals surface area contributed by atoms with Gasteiger partial charge in [-0.1, -0.05) is 0 Å². The number of hydrogen-bond donors (Lipinski definition) is 0. The van der Waals surface area contributed by atoms with E-state index < -0.39 is 17.2 Å². The number of ether oxygens (including phenoxy) is 4. The van der Waals surface area contributed by atoms with Crippen molar-refractivity contribution in [1.29, 1.82) is 0 Å². The van der Waals surface area contributed by atoms with Crippen LogP contribution in [-0.2, 0) is 18.9 Å². The van der Waals surface area contributed by atoms with E-state index in [2.05, 4.69) is 0 Å². The summed E-state index contributed by atoms with van der Waals surface area (Å²) in [5, 5.41) is 0. The normalized spacial score (nSPS) is 47.2. The molecule has 1 unspecified atom stereocenters. The van der Waals surface area contributed by atoms with Crippen LogP contribution in [0.5, 0.6) is 0 Å². The first-order valence-electron chi connectivity index (χ1n) is 5.57. The summed E-state index contributed by atoms with van der Waals surface area (Å²) in [6, 6.07) is -0.449. The molecule has 5 heteroatoms. The van der Waals surface area contributed by atoms with Crippen LogP contribution in [-0.4, -0.2) is 57.6 Å². The first-order valence-corrected chi connectivity index (χ1v) is 5.57. The van der Waals surface area contributed by atoms with Crippen molar-refractivity contribution in [3.8, 4) is 0 Å². The standard InChI is InChI=1S/C11H19BO4/c1-6(13-4)11-8(14-5)7(9(12)16-11)15-10(11,2)3/h6-9H,1-5H3/t6-,7-,8?,9+,11+/m0/s1. The summed E-state index contributed by atoms with van der Waals surface area (Å²) in [5.74, 6) is 0. The molecule has 0 spiro atoms. The van der Waals surface area contributed by atoms with E-state index in [0.717, 1.165) is 0 Å². The van der Waals surface area contributed by atoms with Gasteiger partial charge >= 0.3 is 0 Å². The molecule has 2 bridgehead atoms. The fourth-order valence-electron chi connectivity index (χ4n) is 3.12. The molecule has 2 aliphatic rings. The van der Waals surface area contributed by atoms with Crippen molar-refractivity contribution >= 4 is 7.85 Å². The highest BCUT2D eigenvalue weighted by Gasteiger charge is 2.71. The zero-order valence-corrected chi connectivity index (χ0v) is 10.5. The molecule has 2 radical (unpaired) electrons. The lowest BCUT2D eigenvalue weighted by Gasteiger charge is -2.46. The summed E-state index contributed by atoms with van der Waals surface area (Å²) < 4.78 is 22.8. The monoisotopic (exact) mass is 226 g/mol. The number of fused-ring (bicyclic) bond motifs is 2. The van der Waals surface area contributed by atoms with Crippen LogP contribution in [0.25, 0.3) is 0 Å². The van der Waals surface area contributed by atoms with Gasteiger partial charge in [0.25, 0.3) is 0 Å². The van der Waals surface area contributed by atoms with Crippen molar-refractivity contribution in [3.63, 3.8) is 0 Å². The van der Waals surface area contributed by atoms with Crippen molar-refractivity contribution in [1.82, 2.24) is 0 Å². The van der Waals surface area contributed by atoms with E-state index in [-0.39, 0.29) is 18.3 Å². The molecule has 0 aliphatic carbocycles. The zero-order chi connectivity index (χ0) is 12.1. The van der Waals surface area contributed by atoms with Crippen LogP contribution < -0.4 is 0 Å². The molecule has 0 aromatic carbocycles. The van der Waals surface area contributed by atoms with Crippen molar-refractivity contribution in [2.24, 2.45) is 0 Å². The molecule has 0 aromatic heterocycles. The molecule has 4 nitrogen and oxygen atoms in total. The highest BCUT2D eigenvalue weighted by molar-refractivity contribution is 6.11. The smallest absolute Gasteiger partial charge is 0.150 e. The predicted octanol–water partition coefficient (Wildman–Crippen LogP) is 0.477. The summed E-state index contributed by atoms with van der Waals surface area (Å²) >= 11 is 0. The van der Waals surface area contributed by atoms with Gasteiger partial charge in [-0.3, -0.25) is 0 Å². The van der Waals surface area contributed by atoms with E-state index in [0.29, 0.717) is 0 Å². The Balaban J connectivity index is 2.43. The Hall–Kier alpha value is -0.0951. The molecular formula is C11H19BO4. The second kappa shape index (κ2) is 3.70. The Morgan fingerprint density at radius 1 is 1.25 bits per heavy atom. The van der Waals surface area contributed by atoms with E-state index in [4.69, 9.17) is 26.8 Å². The van der Waals surface area contributed by atoms with Crippen molar-refractivity contribution in [2.75, 3.05) is 14.2 Å². The minimum Gasteiger partial charge on any atom is -0.379 e. The molecule has 2 fully saturated rings. The van der Waals surface area contributed by atoms with Gasteiger partial charge in [0.05, 0.1) is 11.7 Å². The van der Waals surface area contributed by atoms with Gasteiger partial charge in [-0.25, -0.2) is 0 Å². The minimum absolute atomic E-state index is 0.147. The Labute approximate surface area is 98.0 Å². The molecule has 90 valence electrons. The number of hydrogen-bond acceptors (Lipinski definition) is 4. The lowest BCUT2D eigenvalue weighted by molar-refractivity contribution is -0.244. The molecule has 0 aromatic rings. The molecule has 0 amide bonds. The van der Waals surface area contributed by atoms with Crippen LogP contribution in [0, 0.1) is 0 Å². The van der Waals surface area contributed by atoms with Crippen LogP contribution in [0.3, 0.4) is 0 Å². The van der Waals surface area contributed by atoms with Gasteiger partial charge < -0.3 is 18.9 Å². The Kier molecular flexibility index (Phi) is 2.86. The molecule has 0 N–H and O–H groups in total. The number of methoxy groups -OCH3 is 2.